The summed E-state index contributed by atoms with van der Waals surface area (Å²) in [6, 6.07) is 14.0. The van der Waals surface area contributed by atoms with Crippen molar-refractivity contribution in [2.75, 3.05) is 24.2 Å². The van der Waals surface area contributed by atoms with E-state index in [1.54, 1.807) is 11.3 Å². The quantitative estimate of drug-likeness (QED) is 0.308. The molecule has 1 unspecified atom stereocenters. The molecule has 1 aliphatic rings. The van der Waals surface area contributed by atoms with Crippen LogP contribution in [0.5, 0.6) is 0 Å². The minimum absolute atomic E-state index is 0.201. The summed E-state index contributed by atoms with van der Waals surface area (Å²) in [6.07, 6.45) is 2.34. The zero-order valence-electron chi connectivity index (χ0n) is 23.3. The standard InChI is InChI=1S/C29H44N6S/c1-19(29(5,6)7)30-17-20-13-25(31-21-15-22(35(8)18-21)16-28(2,3)4)33-26(14-20)34-27-32-23-11-9-10-12-24(23)36-27/h9-14,19,21-22,30H,15-18H2,1-8H3,(H2,31,32,33,34)/t19-,21-,22?/m0/s1. The van der Waals surface area contributed by atoms with E-state index in [1.165, 1.54) is 16.7 Å². The fourth-order valence-electron chi connectivity index (χ4n) is 4.78. The number of nitrogens with zero attached hydrogens (tertiary/aromatic N) is 3. The van der Waals surface area contributed by atoms with Crippen molar-refractivity contribution < 1.29 is 0 Å². The molecule has 3 N–H and O–H groups in total. The Morgan fingerprint density at radius 3 is 2.47 bits per heavy atom. The van der Waals surface area contributed by atoms with Gasteiger partial charge in [0.25, 0.3) is 0 Å². The number of hydrogen-bond donors (Lipinski definition) is 3. The van der Waals surface area contributed by atoms with Gasteiger partial charge in [0.1, 0.15) is 11.6 Å². The van der Waals surface area contributed by atoms with Crippen LogP contribution in [0.4, 0.5) is 16.8 Å². The molecule has 0 bridgehead atoms. The summed E-state index contributed by atoms with van der Waals surface area (Å²) in [7, 11) is 2.25. The SMILES string of the molecule is C[C@H](NCc1cc(Nc2nc3ccccc3s2)nc(N[C@H]2CC(CC(C)(C)C)N(C)C2)c1)C(C)(C)C. The van der Waals surface area contributed by atoms with Gasteiger partial charge in [0, 0.05) is 31.2 Å². The lowest BCUT2D eigenvalue weighted by atomic mass is 9.87. The largest absolute Gasteiger partial charge is 0.366 e. The number of benzene rings is 1. The lowest BCUT2D eigenvalue weighted by molar-refractivity contribution is 0.223. The number of aromatic nitrogens is 2. The topological polar surface area (TPSA) is 65.1 Å². The zero-order valence-corrected chi connectivity index (χ0v) is 24.1. The highest BCUT2D eigenvalue weighted by atomic mass is 32.1. The molecule has 1 fully saturated rings. The van der Waals surface area contributed by atoms with Crippen LogP contribution in [0.3, 0.4) is 0 Å². The molecule has 0 spiro atoms. The number of thiazole rings is 1. The molecule has 6 nitrogen and oxygen atoms in total. The predicted octanol–water partition coefficient (Wildman–Crippen LogP) is 6.88. The van der Waals surface area contributed by atoms with Crippen molar-refractivity contribution in [1.29, 1.82) is 0 Å². The Morgan fingerprint density at radius 1 is 1.06 bits per heavy atom. The third-order valence-electron chi connectivity index (χ3n) is 7.21. The summed E-state index contributed by atoms with van der Waals surface area (Å²) in [4.78, 5) is 12.2. The number of fused-ring (bicyclic) bond motifs is 1. The van der Waals surface area contributed by atoms with E-state index in [9.17, 15) is 0 Å². The van der Waals surface area contributed by atoms with Crippen molar-refractivity contribution in [2.45, 2.75) is 86.0 Å². The first-order valence-electron chi connectivity index (χ1n) is 13.2. The molecular formula is C29H44N6S. The second kappa shape index (κ2) is 10.6. The van der Waals surface area contributed by atoms with Crippen LogP contribution in [0.1, 0.15) is 66.9 Å². The minimum atomic E-state index is 0.201. The zero-order chi connectivity index (χ0) is 26.1. The molecule has 1 aliphatic heterocycles. The lowest BCUT2D eigenvalue weighted by Crippen LogP contribution is -2.37. The second-order valence-corrected chi connectivity index (χ2v) is 13.8. The van der Waals surface area contributed by atoms with E-state index in [-0.39, 0.29) is 5.41 Å². The van der Waals surface area contributed by atoms with Gasteiger partial charge < -0.3 is 20.9 Å². The maximum absolute atomic E-state index is 4.96. The van der Waals surface area contributed by atoms with Crippen molar-refractivity contribution in [3.8, 4) is 0 Å². The lowest BCUT2D eigenvalue weighted by Gasteiger charge is -2.28. The van der Waals surface area contributed by atoms with Gasteiger partial charge in [-0.05, 0) is 67.5 Å². The Labute approximate surface area is 221 Å². The molecular weight excluding hydrogens is 464 g/mol. The van der Waals surface area contributed by atoms with E-state index in [0.717, 1.165) is 41.8 Å². The summed E-state index contributed by atoms with van der Waals surface area (Å²) < 4.78 is 1.18. The predicted molar refractivity (Wildman–Crippen MR) is 155 cm³/mol. The van der Waals surface area contributed by atoms with Crippen molar-refractivity contribution in [3.05, 3.63) is 42.0 Å². The molecule has 0 aliphatic carbocycles. The van der Waals surface area contributed by atoms with Crippen LogP contribution in [0.15, 0.2) is 36.4 Å². The van der Waals surface area contributed by atoms with Crippen molar-refractivity contribution in [1.82, 2.24) is 20.2 Å². The molecule has 0 amide bonds. The third kappa shape index (κ3) is 7.17. The highest BCUT2D eigenvalue weighted by Crippen LogP contribution is 2.31. The van der Waals surface area contributed by atoms with Gasteiger partial charge in [0.2, 0.25) is 0 Å². The molecule has 1 saturated heterocycles. The van der Waals surface area contributed by atoms with Gasteiger partial charge in [-0.15, -0.1) is 0 Å². The van der Waals surface area contributed by atoms with E-state index in [4.69, 9.17) is 9.97 Å². The number of para-hydroxylation sites is 1. The van der Waals surface area contributed by atoms with Crippen LogP contribution in [-0.2, 0) is 6.54 Å². The number of rotatable bonds is 8. The highest BCUT2D eigenvalue weighted by molar-refractivity contribution is 7.22. The molecule has 3 heterocycles. The number of nitrogens with one attached hydrogen (secondary N) is 3. The van der Waals surface area contributed by atoms with E-state index in [1.807, 2.05) is 6.07 Å². The van der Waals surface area contributed by atoms with Crippen LogP contribution in [0.2, 0.25) is 0 Å². The molecule has 2 aromatic heterocycles. The number of likely N-dealkylation sites (N-methyl/N-ethyl adjacent to an activating group) is 1. The maximum atomic E-state index is 4.96. The molecule has 3 aromatic rings. The molecule has 4 rings (SSSR count). The Morgan fingerprint density at radius 2 is 1.78 bits per heavy atom. The van der Waals surface area contributed by atoms with Crippen molar-refractivity contribution >= 4 is 38.3 Å². The summed E-state index contributed by atoms with van der Waals surface area (Å²) in [5.74, 6) is 1.76. The first kappa shape index (κ1) is 26.8. The van der Waals surface area contributed by atoms with Gasteiger partial charge in [0.05, 0.1) is 10.2 Å². The average Bonchev–Trinajstić information content (AvgIpc) is 3.32. The van der Waals surface area contributed by atoms with Gasteiger partial charge in [-0.2, -0.15) is 0 Å². The first-order chi connectivity index (χ1) is 16.9. The maximum Gasteiger partial charge on any atom is 0.189 e. The van der Waals surface area contributed by atoms with E-state index in [0.29, 0.717) is 23.5 Å². The average molecular weight is 509 g/mol. The number of pyridine rings is 1. The van der Waals surface area contributed by atoms with Crippen molar-refractivity contribution in [3.63, 3.8) is 0 Å². The van der Waals surface area contributed by atoms with Gasteiger partial charge in [-0.1, -0.05) is 65.0 Å². The fourth-order valence-corrected chi connectivity index (χ4v) is 5.65. The molecule has 0 radical (unpaired) electrons. The summed E-state index contributed by atoms with van der Waals surface area (Å²) in [5, 5.41) is 11.8. The fraction of sp³-hybridized carbons (Fsp3) is 0.586. The van der Waals surface area contributed by atoms with Crippen LogP contribution < -0.4 is 16.0 Å². The Balaban J connectivity index is 1.53. The van der Waals surface area contributed by atoms with Crippen LogP contribution in [0, 0.1) is 10.8 Å². The van der Waals surface area contributed by atoms with E-state index < -0.39 is 0 Å². The molecule has 7 heteroatoms. The Kier molecular flexibility index (Phi) is 7.93. The molecule has 1 aromatic carbocycles. The smallest absolute Gasteiger partial charge is 0.189 e. The molecule has 0 saturated carbocycles. The van der Waals surface area contributed by atoms with E-state index >= 15 is 0 Å². The van der Waals surface area contributed by atoms with Gasteiger partial charge in [0.15, 0.2) is 5.13 Å². The summed E-state index contributed by atoms with van der Waals surface area (Å²) >= 11 is 1.66. The van der Waals surface area contributed by atoms with Gasteiger partial charge in [-0.3, -0.25) is 0 Å². The Hall–Kier alpha value is -2.22. The van der Waals surface area contributed by atoms with Crippen molar-refractivity contribution in [2.24, 2.45) is 10.8 Å². The highest BCUT2D eigenvalue weighted by Gasteiger charge is 2.32. The van der Waals surface area contributed by atoms with Gasteiger partial charge in [-0.25, -0.2) is 9.97 Å². The summed E-state index contributed by atoms with van der Waals surface area (Å²) in [6.45, 7) is 17.9. The van der Waals surface area contributed by atoms with Crippen LogP contribution in [0.25, 0.3) is 10.2 Å². The van der Waals surface area contributed by atoms with Crippen LogP contribution >= 0.6 is 11.3 Å². The van der Waals surface area contributed by atoms with E-state index in [2.05, 4.69) is 107 Å². The second-order valence-electron chi connectivity index (χ2n) is 12.8. The minimum Gasteiger partial charge on any atom is -0.366 e. The molecule has 36 heavy (non-hydrogen) atoms. The molecule has 3 atom stereocenters. The third-order valence-corrected chi connectivity index (χ3v) is 8.17. The normalized spacial score (nSPS) is 20.1. The Bertz CT molecular complexity index is 1130. The number of likely N-dealkylation sites (tertiary alicyclic amines) is 1. The van der Waals surface area contributed by atoms with Gasteiger partial charge >= 0.3 is 0 Å². The molecule has 196 valence electrons. The number of hydrogen-bond acceptors (Lipinski definition) is 7. The summed E-state index contributed by atoms with van der Waals surface area (Å²) in [5.41, 5.74) is 2.76. The number of anilines is 3. The van der Waals surface area contributed by atoms with Crippen LogP contribution in [-0.4, -0.2) is 46.6 Å². The first-order valence-corrected chi connectivity index (χ1v) is 14.0. The monoisotopic (exact) mass is 508 g/mol.